The molecule has 2 amide bonds. The normalized spacial score (nSPS) is 16.0. The fourth-order valence-corrected chi connectivity index (χ4v) is 2.45. The number of amides is 2. The largest absolute Gasteiger partial charge is 0.353 e. The zero-order valence-corrected chi connectivity index (χ0v) is 12.2. The van der Waals surface area contributed by atoms with Gasteiger partial charge in [0.15, 0.2) is 0 Å². The van der Waals surface area contributed by atoms with Crippen LogP contribution in [0, 0.1) is 0 Å². The minimum atomic E-state index is -0.0328. The van der Waals surface area contributed by atoms with E-state index in [1.54, 1.807) is 17.0 Å². The van der Waals surface area contributed by atoms with Crippen LogP contribution in [0.5, 0.6) is 0 Å². The van der Waals surface area contributed by atoms with Crippen LogP contribution in [0.3, 0.4) is 0 Å². The smallest absolute Gasteiger partial charge is 0.254 e. The van der Waals surface area contributed by atoms with Gasteiger partial charge in [-0.05, 0) is 25.0 Å². The Bertz CT molecular complexity index is 499. The molecule has 0 spiro atoms. The predicted octanol–water partition coefficient (Wildman–Crippen LogP) is 1.87. The Kier molecular flexibility index (Phi) is 4.95. The summed E-state index contributed by atoms with van der Waals surface area (Å²) in [5.74, 6) is 0.0326. The van der Waals surface area contributed by atoms with Crippen molar-refractivity contribution in [3.05, 3.63) is 29.0 Å². The molecule has 0 aromatic carbocycles. The van der Waals surface area contributed by atoms with Crippen LogP contribution in [-0.2, 0) is 4.79 Å². The first-order valence-corrected chi connectivity index (χ1v) is 7.18. The van der Waals surface area contributed by atoms with Crippen LogP contribution in [0.4, 0.5) is 0 Å². The van der Waals surface area contributed by atoms with Crippen molar-refractivity contribution in [3.8, 4) is 0 Å². The van der Waals surface area contributed by atoms with Gasteiger partial charge in [-0.15, -0.1) is 0 Å². The summed E-state index contributed by atoms with van der Waals surface area (Å²) in [5, 5.41) is 3.29. The van der Waals surface area contributed by atoms with Crippen molar-refractivity contribution in [1.29, 1.82) is 0 Å². The van der Waals surface area contributed by atoms with Gasteiger partial charge in [-0.25, -0.2) is 4.98 Å². The highest BCUT2D eigenvalue weighted by Gasteiger charge is 2.24. The molecule has 0 bridgehead atoms. The standard InChI is InChI=1S/C14H18ClN3O2/c1-2-13(19)17-11-4-7-18(8-5-11)14(20)10-3-6-16-12(15)9-10/h3,6,9,11H,2,4-5,7-8H2,1H3,(H,17,19). The van der Waals surface area contributed by atoms with Gasteiger partial charge in [0.2, 0.25) is 5.91 Å². The third kappa shape index (κ3) is 3.70. The number of hydrogen-bond acceptors (Lipinski definition) is 3. The molecular weight excluding hydrogens is 278 g/mol. The molecule has 0 radical (unpaired) electrons. The molecule has 0 atom stereocenters. The molecule has 1 N–H and O–H groups in total. The molecule has 6 heteroatoms. The molecule has 2 rings (SSSR count). The molecule has 1 aliphatic heterocycles. The Balaban J connectivity index is 1.90. The average Bonchev–Trinajstić information content (AvgIpc) is 2.47. The fourth-order valence-electron chi connectivity index (χ4n) is 2.27. The lowest BCUT2D eigenvalue weighted by molar-refractivity contribution is -0.121. The van der Waals surface area contributed by atoms with E-state index in [1.165, 1.54) is 6.20 Å². The third-order valence-electron chi connectivity index (χ3n) is 3.44. The summed E-state index contributed by atoms with van der Waals surface area (Å²) in [6, 6.07) is 3.42. The molecule has 0 aliphatic carbocycles. The molecule has 1 saturated heterocycles. The van der Waals surface area contributed by atoms with Gasteiger partial charge in [-0.3, -0.25) is 9.59 Å². The summed E-state index contributed by atoms with van der Waals surface area (Å²) < 4.78 is 0. The molecule has 0 unspecified atom stereocenters. The van der Waals surface area contributed by atoms with Crippen molar-refractivity contribution in [3.63, 3.8) is 0 Å². The van der Waals surface area contributed by atoms with Gasteiger partial charge in [-0.2, -0.15) is 0 Å². The predicted molar refractivity (Wildman–Crippen MR) is 76.6 cm³/mol. The van der Waals surface area contributed by atoms with Crippen molar-refractivity contribution in [2.75, 3.05) is 13.1 Å². The van der Waals surface area contributed by atoms with Gasteiger partial charge in [-0.1, -0.05) is 18.5 Å². The second-order valence-electron chi connectivity index (χ2n) is 4.85. The van der Waals surface area contributed by atoms with Crippen LogP contribution in [0.25, 0.3) is 0 Å². The minimum Gasteiger partial charge on any atom is -0.353 e. The van der Waals surface area contributed by atoms with E-state index in [1.807, 2.05) is 6.92 Å². The fraction of sp³-hybridized carbons (Fsp3) is 0.500. The number of piperidine rings is 1. The van der Waals surface area contributed by atoms with Crippen molar-refractivity contribution in [2.45, 2.75) is 32.2 Å². The Morgan fingerprint density at radius 2 is 2.15 bits per heavy atom. The van der Waals surface area contributed by atoms with E-state index in [4.69, 9.17) is 11.6 Å². The summed E-state index contributed by atoms with van der Waals surface area (Å²) in [4.78, 5) is 29.3. The number of nitrogens with one attached hydrogen (secondary N) is 1. The zero-order valence-electron chi connectivity index (χ0n) is 11.4. The maximum Gasteiger partial charge on any atom is 0.254 e. The Hall–Kier alpha value is -1.62. The number of aromatic nitrogens is 1. The van der Waals surface area contributed by atoms with Crippen LogP contribution in [0.15, 0.2) is 18.3 Å². The van der Waals surface area contributed by atoms with E-state index in [0.29, 0.717) is 30.2 Å². The zero-order chi connectivity index (χ0) is 14.5. The summed E-state index contributed by atoms with van der Waals surface area (Å²) in [7, 11) is 0. The first-order chi connectivity index (χ1) is 9.60. The van der Waals surface area contributed by atoms with Gasteiger partial charge < -0.3 is 10.2 Å². The van der Waals surface area contributed by atoms with E-state index >= 15 is 0 Å². The van der Waals surface area contributed by atoms with Crippen molar-refractivity contribution >= 4 is 23.4 Å². The van der Waals surface area contributed by atoms with Crippen LogP contribution in [0.2, 0.25) is 5.15 Å². The number of halogens is 1. The Morgan fingerprint density at radius 3 is 2.75 bits per heavy atom. The van der Waals surface area contributed by atoms with E-state index in [2.05, 4.69) is 10.3 Å². The summed E-state index contributed by atoms with van der Waals surface area (Å²) in [5.41, 5.74) is 0.557. The van der Waals surface area contributed by atoms with Crippen LogP contribution in [-0.4, -0.2) is 40.8 Å². The summed E-state index contributed by atoms with van der Waals surface area (Å²) >= 11 is 5.79. The number of carbonyl (C=O) groups is 2. The van der Waals surface area contributed by atoms with Crippen LogP contribution >= 0.6 is 11.6 Å². The maximum absolute atomic E-state index is 12.3. The lowest BCUT2D eigenvalue weighted by Gasteiger charge is -2.32. The molecule has 1 fully saturated rings. The number of carbonyl (C=O) groups excluding carboxylic acids is 2. The molecular formula is C14H18ClN3O2. The van der Waals surface area contributed by atoms with Gasteiger partial charge >= 0.3 is 0 Å². The van der Waals surface area contributed by atoms with Gasteiger partial charge in [0.1, 0.15) is 5.15 Å². The quantitative estimate of drug-likeness (QED) is 0.866. The Labute approximate surface area is 123 Å². The van der Waals surface area contributed by atoms with E-state index < -0.39 is 0 Å². The van der Waals surface area contributed by atoms with Gasteiger partial charge in [0.05, 0.1) is 0 Å². The van der Waals surface area contributed by atoms with Crippen LogP contribution in [0.1, 0.15) is 36.5 Å². The number of nitrogens with zero attached hydrogens (tertiary/aromatic N) is 2. The molecule has 1 aliphatic rings. The number of likely N-dealkylation sites (tertiary alicyclic amines) is 1. The topological polar surface area (TPSA) is 62.3 Å². The number of hydrogen-bond donors (Lipinski definition) is 1. The first kappa shape index (κ1) is 14.8. The number of rotatable bonds is 3. The van der Waals surface area contributed by atoms with E-state index in [0.717, 1.165) is 12.8 Å². The first-order valence-electron chi connectivity index (χ1n) is 6.80. The molecule has 1 aromatic heterocycles. The highest BCUT2D eigenvalue weighted by molar-refractivity contribution is 6.29. The van der Waals surface area contributed by atoms with Crippen molar-refractivity contribution in [1.82, 2.24) is 15.2 Å². The lowest BCUT2D eigenvalue weighted by Crippen LogP contribution is -2.46. The highest BCUT2D eigenvalue weighted by Crippen LogP contribution is 2.15. The minimum absolute atomic E-state index is 0.0328. The summed E-state index contributed by atoms with van der Waals surface area (Å²) in [6.45, 7) is 3.13. The molecule has 108 valence electrons. The van der Waals surface area contributed by atoms with Crippen molar-refractivity contribution in [2.24, 2.45) is 0 Å². The van der Waals surface area contributed by atoms with Crippen molar-refractivity contribution < 1.29 is 9.59 Å². The third-order valence-corrected chi connectivity index (χ3v) is 3.65. The molecule has 1 aromatic rings. The SMILES string of the molecule is CCC(=O)NC1CCN(C(=O)c2ccnc(Cl)c2)CC1. The van der Waals surface area contributed by atoms with E-state index in [9.17, 15) is 9.59 Å². The molecule has 5 nitrogen and oxygen atoms in total. The van der Waals surface area contributed by atoms with E-state index in [-0.39, 0.29) is 17.9 Å². The highest BCUT2D eigenvalue weighted by atomic mass is 35.5. The monoisotopic (exact) mass is 295 g/mol. The lowest BCUT2D eigenvalue weighted by atomic mass is 10.0. The molecule has 2 heterocycles. The van der Waals surface area contributed by atoms with Crippen LogP contribution < -0.4 is 5.32 Å². The molecule has 20 heavy (non-hydrogen) atoms. The second kappa shape index (κ2) is 6.70. The average molecular weight is 296 g/mol. The summed E-state index contributed by atoms with van der Waals surface area (Å²) in [6.07, 6.45) is 3.60. The number of pyridine rings is 1. The Morgan fingerprint density at radius 1 is 1.45 bits per heavy atom. The van der Waals surface area contributed by atoms with Gasteiger partial charge in [0.25, 0.3) is 5.91 Å². The maximum atomic E-state index is 12.3. The van der Waals surface area contributed by atoms with Gasteiger partial charge in [0, 0.05) is 37.3 Å². The molecule has 0 saturated carbocycles. The second-order valence-corrected chi connectivity index (χ2v) is 5.24.